The number of rotatable bonds is 9. The van der Waals surface area contributed by atoms with Gasteiger partial charge in [0.1, 0.15) is 0 Å². The fourth-order valence-electron chi connectivity index (χ4n) is 2.16. The monoisotopic (exact) mass is 250 g/mol. The van der Waals surface area contributed by atoms with Crippen molar-refractivity contribution in [3.05, 3.63) is 35.9 Å². The summed E-state index contributed by atoms with van der Waals surface area (Å²) in [4.78, 5) is 0. The van der Waals surface area contributed by atoms with Crippen LogP contribution in [0.2, 0.25) is 0 Å². The lowest BCUT2D eigenvalue weighted by molar-refractivity contribution is 0.127. The molecule has 0 aliphatic heterocycles. The van der Waals surface area contributed by atoms with Gasteiger partial charge in [0.15, 0.2) is 0 Å². The molecular formula is C16H26O2. The van der Waals surface area contributed by atoms with Crippen molar-refractivity contribution in [3.8, 4) is 0 Å². The highest BCUT2D eigenvalue weighted by molar-refractivity contribution is 5.16. The van der Waals surface area contributed by atoms with E-state index < -0.39 is 6.10 Å². The molecule has 2 N–H and O–H groups in total. The molecule has 2 heteroatoms. The Kier molecular flexibility index (Phi) is 7.70. The van der Waals surface area contributed by atoms with E-state index in [1.54, 1.807) is 0 Å². The second-order valence-corrected chi connectivity index (χ2v) is 5.01. The van der Waals surface area contributed by atoms with Crippen molar-refractivity contribution >= 4 is 0 Å². The number of hydrogen-bond acceptors (Lipinski definition) is 2. The Morgan fingerprint density at radius 3 is 2.22 bits per heavy atom. The topological polar surface area (TPSA) is 40.5 Å². The van der Waals surface area contributed by atoms with Crippen LogP contribution in [0.5, 0.6) is 0 Å². The Balaban J connectivity index is 2.13. The average molecular weight is 250 g/mol. The molecule has 0 aromatic heterocycles. The second kappa shape index (κ2) is 9.12. The molecule has 0 aliphatic carbocycles. The fourth-order valence-corrected chi connectivity index (χ4v) is 2.16. The molecule has 0 spiro atoms. The van der Waals surface area contributed by atoms with Crippen LogP contribution in [-0.2, 0) is 0 Å². The van der Waals surface area contributed by atoms with Gasteiger partial charge in [0.05, 0.1) is 12.2 Å². The summed E-state index contributed by atoms with van der Waals surface area (Å²) in [5.74, 6) is 0. The van der Waals surface area contributed by atoms with E-state index in [0.29, 0.717) is 0 Å². The first-order valence-corrected chi connectivity index (χ1v) is 7.15. The highest BCUT2D eigenvalue weighted by Crippen LogP contribution is 2.20. The van der Waals surface area contributed by atoms with Crippen LogP contribution in [0.4, 0.5) is 0 Å². The highest BCUT2D eigenvalue weighted by atomic mass is 16.3. The van der Waals surface area contributed by atoms with Gasteiger partial charge in [-0.05, 0) is 31.2 Å². The molecule has 1 rings (SSSR count). The van der Waals surface area contributed by atoms with Crippen molar-refractivity contribution in [2.24, 2.45) is 0 Å². The molecule has 2 nitrogen and oxygen atoms in total. The molecule has 0 heterocycles. The van der Waals surface area contributed by atoms with Crippen LogP contribution in [0, 0.1) is 0 Å². The van der Waals surface area contributed by atoms with Crippen LogP contribution >= 0.6 is 0 Å². The van der Waals surface area contributed by atoms with Gasteiger partial charge in [0, 0.05) is 0 Å². The molecule has 0 fully saturated rings. The lowest BCUT2D eigenvalue weighted by Crippen LogP contribution is -2.07. The Bertz CT molecular complexity index is 297. The van der Waals surface area contributed by atoms with Gasteiger partial charge in [-0.2, -0.15) is 0 Å². The summed E-state index contributed by atoms with van der Waals surface area (Å²) in [6.45, 7) is 2.17. The zero-order valence-electron chi connectivity index (χ0n) is 11.4. The number of aliphatic hydroxyl groups excluding tert-OH is 2. The van der Waals surface area contributed by atoms with Crippen molar-refractivity contribution < 1.29 is 10.2 Å². The zero-order valence-corrected chi connectivity index (χ0v) is 11.4. The third-order valence-electron chi connectivity index (χ3n) is 3.34. The van der Waals surface area contributed by atoms with E-state index in [9.17, 15) is 10.2 Å². The Hall–Kier alpha value is -0.860. The van der Waals surface area contributed by atoms with Crippen LogP contribution in [0.25, 0.3) is 0 Å². The van der Waals surface area contributed by atoms with E-state index in [-0.39, 0.29) is 6.10 Å². The van der Waals surface area contributed by atoms with Crippen molar-refractivity contribution in [1.29, 1.82) is 0 Å². The van der Waals surface area contributed by atoms with Gasteiger partial charge in [-0.15, -0.1) is 0 Å². The maximum absolute atomic E-state index is 9.97. The smallest absolute Gasteiger partial charge is 0.0790 e. The van der Waals surface area contributed by atoms with Crippen LogP contribution in [0.15, 0.2) is 30.3 Å². The molecule has 0 unspecified atom stereocenters. The van der Waals surface area contributed by atoms with Gasteiger partial charge in [-0.3, -0.25) is 0 Å². The highest BCUT2D eigenvalue weighted by Gasteiger charge is 2.09. The predicted octanol–water partition coefficient (Wildman–Crippen LogP) is 3.83. The maximum Gasteiger partial charge on any atom is 0.0790 e. The predicted molar refractivity (Wildman–Crippen MR) is 75.4 cm³/mol. The molecule has 0 saturated heterocycles. The minimum absolute atomic E-state index is 0.195. The first-order chi connectivity index (χ1) is 8.74. The van der Waals surface area contributed by atoms with Gasteiger partial charge in [0.25, 0.3) is 0 Å². The lowest BCUT2D eigenvalue weighted by atomic mass is 10.0. The number of benzene rings is 1. The molecule has 0 saturated carbocycles. The fraction of sp³-hybridized carbons (Fsp3) is 0.625. The Labute approximate surface area is 111 Å². The minimum Gasteiger partial charge on any atom is -0.393 e. The molecule has 1 aromatic rings. The molecule has 0 bridgehead atoms. The molecule has 0 amide bonds. The van der Waals surface area contributed by atoms with Gasteiger partial charge in [-0.1, -0.05) is 56.5 Å². The van der Waals surface area contributed by atoms with E-state index in [4.69, 9.17) is 0 Å². The van der Waals surface area contributed by atoms with E-state index in [0.717, 1.165) is 37.7 Å². The van der Waals surface area contributed by atoms with Crippen molar-refractivity contribution in [1.82, 2.24) is 0 Å². The van der Waals surface area contributed by atoms with Crippen molar-refractivity contribution in [2.75, 3.05) is 0 Å². The summed E-state index contributed by atoms with van der Waals surface area (Å²) in [5.41, 5.74) is 0.970. The third-order valence-corrected chi connectivity index (χ3v) is 3.34. The standard InChI is InChI=1S/C16H26O2/c1-2-3-5-11-15(17)12-8-13-16(18)14-9-6-4-7-10-14/h4,6-7,9-10,15-18H,2-3,5,8,11-13H2,1H3/t15-,16+/m0/s1. The summed E-state index contributed by atoms with van der Waals surface area (Å²) in [7, 11) is 0. The Morgan fingerprint density at radius 2 is 1.56 bits per heavy atom. The summed E-state index contributed by atoms with van der Waals surface area (Å²) in [6, 6.07) is 9.73. The van der Waals surface area contributed by atoms with Gasteiger partial charge >= 0.3 is 0 Å². The van der Waals surface area contributed by atoms with E-state index >= 15 is 0 Å². The quantitative estimate of drug-likeness (QED) is 0.654. The minimum atomic E-state index is -0.394. The largest absolute Gasteiger partial charge is 0.393 e. The summed E-state index contributed by atoms with van der Waals surface area (Å²) < 4.78 is 0. The lowest BCUT2D eigenvalue weighted by Gasteiger charge is -2.13. The van der Waals surface area contributed by atoms with Crippen molar-refractivity contribution in [2.45, 2.75) is 64.1 Å². The first kappa shape index (κ1) is 15.2. The van der Waals surface area contributed by atoms with Gasteiger partial charge in [0.2, 0.25) is 0 Å². The third kappa shape index (κ3) is 6.18. The van der Waals surface area contributed by atoms with Crippen LogP contribution in [-0.4, -0.2) is 16.3 Å². The van der Waals surface area contributed by atoms with Crippen LogP contribution < -0.4 is 0 Å². The summed E-state index contributed by atoms with van der Waals surface area (Å²) in [5, 5.41) is 19.7. The van der Waals surface area contributed by atoms with Gasteiger partial charge < -0.3 is 10.2 Å². The second-order valence-electron chi connectivity index (χ2n) is 5.01. The number of hydrogen-bond donors (Lipinski definition) is 2. The average Bonchev–Trinajstić information content (AvgIpc) is 2.40. The Morgan fingerprint density at radius 1 is 0.889 bits per heavy atom. The molecule has 0 radical (unpaired) electrons. The molecule has 0 aliphatic rings. The molecule has 102 valence electrons. The summed E-state index contributed by atoms with van der Waals surface area (Å²) >= 11 is 0. The SMILES string of the molecule is CCCCC[C@H](O)CCC[C@@H](O)c1ccccc1. The van der Waals surface area contributed by atoms with Crippen molar-refractivity contribution in [3.63, 3.8) is 0 Å². The maximum atomic E-state index is 9.97. The van der Waals surface area contributed by atoms with Gasteiger partial charge in [-0.25, -0.2) is 0 Å². The summed E-state index contributed by atoms with van der Waals surface area (Å²) in [6.07, 6.45) is 6.22. The number of unbranched alkanes of at least 4 members (excludes halogenated alkanes) is 2. The molecule has 18 heavy (non-hydrogen) atoms. The molecule has 2 atom stereocenters. The van der Waals surface area contributed by atoms with E-state index in [1.807, 2.05) is 30.3 Å². The van der Waals surface area contributed by atoms with Crippen LogP contribution in [0.1, 0.15) is 63.5 Å². The van der Waals surface area contributed by atoms with E-state index in [2.05, 4.69) is 6.92 Å². The first-order valence-electron chi connectivity index (χ1n) is 7.15. The number of aliphatic hydroxyl groups is 2. The van der Waals surface area contributed by atoms with Crippen LogP contribution in [0.3, 0.4) is 0 Å². The van der Waals surface area contributed by atoms with E-state index in [1.165, 1.54) is 12.8 Å². The zero-order chi connectivity index (χ0) is 13.2. The molecule has 1 aromatic carbocycles. The normalized spacial score (nSPS) is 14.4. The molecular weight excluding hydrogens is 224 g/mol.